The van der Waals surface area contributed by atoms with E-state index in [2.05, 4.69) is 9.73 Å². The molecule has 16 heavy (non-hydrogen) atoms. The minimum absolute atomic E-state index is 0.334. The van der Waals surface area contributed by atoms with Crippen LogP contribution >= 0.6 is 11.6 Å². The van der Waals surface area contributed by atoms with Gasteiger partial charge >= 0.3 is 5.97 Å². The number of esters is 1. The minimum atomic E-state index is -0.451. The van der Waals surface area contributed by atoms with Gasteiger partial charge in [0.2, 0.25) is 0 Å². The highest BCUT2D eigenvalue weighted by Gasteiger charge is 2.10. The lowest BCUT2D eigenvalue weighted by atomic mass is 10.2. The maximum absolute atomic E-state index is 11.3. The fourth-order valence-electron chi connectivity index (χ4n) is 1.04. The zero-order valence-electron chi connectivity index (χ0n) is 9.40. The lowest BCUT2D eigenvalue weighted by Crippen LogP contribution is -2.07. The summed E-state index contributed by atoms with van der Waals surface area (Å²) in [4.78, 5) is 17.2. The highest BCUT2D eigenvalue weighted by molar-refractivity contribution is 6.33. The van der Waals surface area contributed by atoms with Crippen LogP contribution in [0.15, 0.2) is 23.2 Å². The molecule has 0 aliphatic carbocycles. The van der Waals surface area contributed by atoms with E-state index in [1.165, 1.54) is 7.11 Å². The molecule has 4 nitrogen and oxygen atoms in total. The van der Waals surface area contributed by atoms with Crippen LogP contribution in [0.4, 0.5) is 5.69 Å². The second kappa shape index (κ2) is 5.51. The molecule has 86 valence electrons. The first-order valence-corrected chi connectivity index (χ1v) is 5.01. The van der Waals surface area contributed by atoms with Crippen LogP contribution < -0.4 is 0 Å². The molecule has 0 amide bonds. The van der Waals surface area contributed by atoms with Crippen LogP contribution in [0.2, 0.25) is 5.02 Å². The van der Waals surface area contributed by atoms with Crippen LogP contribution in [0.3, 0.4) is 0 Å². The summed E-state index contributed by atoms with van der Waals surface area (Å²) in [5.41, 5.74) is 1.03. The average Bonchev–Trinajstić information content (AvgIpc) is 2.25. The first-order chi connectivity index (χ1) is 7.54. The van der Waals surface area contributed by atoms with E-state index in [1.807, 2.05) is 19.0 Å². The number of rotatable bonds is 3. The molecule has 0 saturated carbocycles. The van der Waals surface area contributed by atoms with E-state index in [0.717, 1.165) is 0 Å². The summed E-state index contributed by atoms with van der Waals surface area (Å²) in [5, 5.41) is 0.334. The zero-order chi connectivity index (χ0) is 12.1. The number of hydrogen-bond acceptors (Lipinski definition) is 3. The van der Waals surface area contributed by atoms with Gasteiger partial charge in [-0.05, 0) is 18.2 Å². The number of carbonyl (C=O) groups is 1. The van der Waals surface area contributed by atoms with Gasteiger partial charge in [0.1, 0.15) is 0 Å². The molecular formula is C11H13ClN2O2. The van der Waals surface area contributed by atoms with Gasteiger partial charge in [-0.2, -0.15) is 0 Å². The van der Waals surface area contributed by atoms with E-state index in [9.17, 15) is 4.79 Å². The summed E-state index contributed by atoms with van der Waals surface area (Å²) in [6.45, 7) is 0. The number of halogens is 1. The van der Waals surface area contributed by atoms with Gasteiger partial charge in [0.25, 0.3) is 0 Å². The third-order valence-corrected chi connectivity index (χ3v) is 2.11. The predicted octanol–water partition coefficient (Wildman–Crippen LogP) is 2.35. The molecule has 0 atom stereocenters. The summed E-state index contributed by atoms with van der Waals surface area (Å²) in [5.74, 6) is -0.451. The molecule has 1 aromatic rings. The molecule has 0 heterocycles. The number of ether oxygens (including phenoxy) is 1. The Labute approximate surface area is 99.5 Å². The number of benzene rings is 1. The molecule has 1 aromatic carbocycles. The lowest BCUT2D eigenvalue weighted by molar-refractivity contribution is 0.0601. The van der Waals surface area contributed by atoms with Crippen molar-refractivity contribution in [2.75, 3.05) is 21.2 Å². The summed E-state index contributed by atoms with van der Waals surface area (Å²) < 4.78 is 4.59. The fourth-order valence-corrected chi connectivity index (χ4v) is 1.29. The van der Waals surface area contributed by atoms with Crippen LogP contribution in [0, 0.1) is 0 Å². The second-order valence-electron chi connectivity index (χ2n) is 3.36. The van der Waals surface area contributed by atoms with Gasteiger partial charge in [0.05, 0.1) is 29.7 Å². The Morgan fingerprint density at radius 2 is 2.19 bits per heavy atom. The molecular weight excluding hydrogens is 228 g/mol. The molecule has 1 rings (SSSR count). The molecule has 0 spiro atoms. The van der Waals surface area contributed by atoms with E-state index in [0.29, 0.717) is 16.3 Å². The van der Waals surface area contributed by atoms with Crippen molar-refractivity contribution in [3.8, 4) is 0 Å². The predicted molar refractivity (Wildman–Crippen MR) is 64.6 cm³/mol. The zero-order valence-corrected chi connectivity index (χ0v) is 10.2. The van der Waals surface area contributed by atoms with Gasteiger partial charge in [0.15, 0.2) is 0 Å². The van der Waals surface area contributed by atoms with E-state index < -0.39 is 5.97 Å². The molecule has 0 bridgehead atoms. The number of carbonyl (C=O) groups excluding carboxylic acids is 1. The Morgan fingerprint density at radius 1 is 1.50 bits per heavy atom. The van der Waals surface area contributed by atoms with Gasteiger partial charge in [-0.1, -0.05) is 11.6 Å². The van der Waals surface area contributed by atoms with Crippen molar-refractivity contribution in [2.45, 2.75) is 0 Å². The Hall–Kier alpha value is -1.55. The Morgan fingerprint density at radius 3 is 2.69 bits per heavy atom. The average molecular weight is 241 g/mol. The fraction of sp³-hybridized carbons (Fsp3) is 0.273. The van der Waals surface area contributed by atoms with Crippen LogP contribution in [-0.4, -0.2) is 38.4 Å². The van der Waals surface area contributed by atoms with E-state index >= 15 is 0 Å². The first kappa shape index (κ1) is 12.5. The van der Waals surface area contributed by atoms with Crippen molar-refractivity contribution in [2.24, 2.45) is 4.99 Å². The maximum atomic E-state index is 11.3. The van der Waals surface area contributed by atoms with Crippen molar-refractivity contribution < 1.29 is 9.53 Å². The third-order valence-electron chi connectivity index (χ3n) is 1.80. The summed E-state index contributed by atoms with van der Waals surface area (Å²) in [7, 11) is 5.05. The van der Waals surface area contributed by atoms with Gasteiger partial charge in [-0.3, -0.25) is 0 Å². The molecule has 0 unspecified atom stereocenters. The summed E-state index contributed by atoms with van der Waals surface area (Å²) >= 11 is 5.93. The first-order valence-electron chi connectivity index (χ1n) is 4.63. The Kier molecular flexibility index (Phi) is 4.31. The molecule has 0 saturated heterocycles. The van der Waals surface area contributed by atoms with Crippen molar-refractivity contribution in [1.82, 2.24) is 4.90 Å². The van der Waals surface area contributed by atoms with Crippen LogP contribution in [0.25, 0.3) is 0 Å². The molecule has 5 heteroatoms. The van der Waals surface area contributed by atoms with Crippen molar-refractivity contribution in [3.63, 3.8) is 0 Å². The van der Waals surface area contributed by atoms with Crippen molar-refractivity contribution in [1.29, 1.82) is 0 Å². The normalized spacial score (nSPS) is 10.5. The van der Waals surface area contributed by atoms with Gasteiger partial charge in [-0.15, -0.1) is 0 Å². The van der Waals surface area contributed by atoms with Gasteiger partial charge in [0, 0.05) is 14.1 Å². The highest BCUT2D eigenvalue weighted by Crippen LogP contribution is 2.23. The molecule has 0 fully saturated rings. The van der Waals surface area contributed by atoms with E-state index in [1.54, 1.807) is 24.5 Å². The summed E-state index contributed by atoms with van der Waals surface area (Å²) in [6.07, 6.45) is 1.66. The number of aliphatic imine (C=N–C) groups is 1. The quantitative estimate of drug-likeness (QED) is 0.463. The largest absolute Gasteiger partial charge is 0.465 e. The number of hydrogen-bond donors (Lipinski definition) is 0. The molecule has 0 aliphatic rings. The van der Waals surface area contributed by atoms with Crippen LogP contribution in [0.1, 0.15) is 10.4 Å². The molecule has 0 N–H and O–H groups in total. The second-order valence-corrected chi connectivity index (χ2v) is 3.77. The van der Waals surface area contributed by atoms with Crippen molar-refractivity contribution in [3.05, 3.63) is 28.8 Å². The standard InChI is InChI=1S/C11H13ClN2O2/c1-14(2)7-13-8-4-5-9(10(12)6-8)11(15)16-3/h4-7H,1-3H3. The van der Waals surface area contributed by atoms with Gasteiger partial charge in [-0.25, -0.2) is 9.79 Å². The highest BCUT2D eigenvalue weighted by atomic mass is 35.5. The Balaban J connectivity index is 2.95. The van der Waals surface area contributed by atoms with Gasteiger partial charge < -0.3 is 9.64 Å². The van der Waals surface area contributed by atoms with Crippen LogP contribution in [-0.2, 0) is 4.74 Å². The number of nitrogens with zero attached hydrogens (tertiary/aromatic N) is 2. The third kappa shape index (κ3) is 3.24. The monoisotopic (exact) mass is 240 g/mol. The van der Waals surface area contributed by atoms with Crippen LogP contribution in [0.5, 0.6) is 0 Å². The van der Waals surface area contributed by atoms with E-state index in [4.69, 9.17) is 11.6 Å². The smallest absolute Gasteiger partial charge is 0.339 e. The minimum Gasteiger partial charge on any atom is -0.465 e. The number of methoxy groups -OCH3 is 1. The van der Waals surface area contributed by atoms with Crippen molar-refractivity contribution >= 4 is 29.6 Å². The summed E-state index contributed by atoms with van der Waals surface area (Å²) in [6, 6.07) is 4.92. The lowest BCUT2D eigenvalue weighted by Gasteiger charge is -2.04. The topological polar surface area (TPSA) is 41.9 Å². The maximum Gasteiger partial charge on any atom is 0.339 e. The SMILES string of the molecule is COC(=O)c1ccc(N=CN(C)C)cc1Cl. The molecule has 0 radical (unpaired) electrons. The molecule has 0 aromatic heterocycles. The Bertz CT molecular complexity index is 416. The molecule has 0 aliphatic heterocycles. The van der Waals surface area contributed by atoms with E-state index in [-0.39, 0.29) is 0 Å².